The number of para-hydroxylation sites is 2. The Morgan fingerprint density at radius 1 is 0.585 bits per heavy atom. The fourth-order valence-corrected chi connectivity index (χ4v) is 9.65. The number of hydrogen-bond acceptors (Lipinski definition) is 2. The van der Waals surface area contributed by atoms with Gasteiger partial charge in [0.05, 0.1) is 24.9 Å². The van der Waals surface area contributed by atoms with Crippen molar-refractivity contribution in [2.45, 2.75) is 66.0 Å². The number of hydrogen-bond donors (Lipinski definition) is 0. The van der Waals surface area contributed by atoms with Crippen LogP contribution in [0.3, 0.4) is 0 Å². The second-order valence-corrected chi connectivity index (χ2v) is 23.4. The van der Waals surface area contributed by atoms with E-state index < -0.39 is 14.9 Å². The van der Waals surface area contributed by atoms with E-state index in [-0.39, 0.29) is 20.1 Å². The molecule has 0 N–H and O–H groups in total. The first-order valence-corrected chi connectivity index (χ1v) is 25.8. The van der Waals surface area contributed by atoms with Crippen molar-refractivity contribution in [3.05, 3.63) is 205 Å². The minimum absolute atomic E-state index is 0. The van der Waals surface area contributed by atoms with Crippen LogP contribution in [-0.4, -0.2) is 22.6 Å². The monoisotopic (exact) mass is 1040 g/mol. The maximum Gasteiger partial charge on any atom is 0.0795 e. The summed E-state index contributed by atoms with van der Waals surface area (Å²) in [6.07, 6.45) is 1.94. The van der Waals surface area contributed by atoms with E-state index in [1.165, 1.54) is 54.7 Å². The molecule has 10 aromatic rings. The largest absolute Gasteiger partial charge is 0.333 e. The summed E-state index contributed by atoms with van der Waals surface area (Å²) in [6.45, 7) is 13.9. The molecular formula is C60H55IrN3Si-2. The second kappa shape index (κ2) is 19.1. The predicted molar refractivity (Wildman–Crippen MR) is 276 cm³/mol. The van der Waals surface area contributed by atoms with Gasteiger partial charge in [-0.15, -0.1) is 58.5 Å². The Balaban J connectivity index is 0.000000201. The molecule has 0 aliphatic heterocycles. The molecule has 0 saturated carbocycles. The molecule has 3 nitrogen and oxygen atoms in total. The number of aromatic nitrogens is 3. The van der Waals surface area contributed by atoms with Crippen LogP contribution in [0.15, 0.2) is 176 Å². The van der Waals surface area contributed by atoms with Crippen molar-refractivity contribution in [2.75, 3.05) is 0 Å². The molecule has 0 bridgehead atoms. The first-order valence-electron chi connectivity index (χ1n) is 23.8. The van der Waals surface area contributed by atoms with E-state index in [1.807, 2.05) is 48.7 Å². The van der Waals surface area contributed by atoms with Gasteiger partial charge in [0.15, 0.2) is 0 Å². The molecule has 8 aromatic carbocycles. The molecule has 0 fully saturated rings. The van der Waals surface area contributed by atoms with Crippen LogP contribution in [-0.2, 0) is 20.1 Å². The van der Waals surface area contributed by atoms with Gasteiger partial charge in [0.25, 0.3) is 0 Å². The Morgan fingerprint density at radius 2 is 1.22 bits per heavy atom. The first-order chi connectivity index (χ1) is 32.2. The van der Waals surface area contributed by atoms with Crippen LogP contribution in [0.25, 0.3) is 83.2 Å². The molecule has 325 valence electrons. The van der Waals surface area contributed by atoms with E-state index in [1.54, 1.807) is 6.07 Å². The summed E-state index contributed by atoms with van der Waals surface area (Å²) in [7, 11) is -1.40. The van der Waals surface area contributed by atoms with Gasteiger partial charge in [-0.25, -0.2) is 0 Å². The maximum atomic E-state index is 7.84. The van der Waals surface area contributed by atoms with E-state index in [2.05, 4.69) is 190 Å². The molecule has 10 rings (SSSR count). The van der Waals surface area contributed by atoms with Crippen LogP contribution < -0.4 is 5.19 Å². The molecule has 2 aromatic heterocycles. The predicted octanol–water partition coefficient (Wildman–Crippen LogP) is 15.8. The van der Waals surface area contributed by atoms with Crippen LogP contribution in [0.1, 0.15) is 60.3 Å². The summed E-state index contributed by atoms with van der Waals surface area (Å²) in [4.78, 5) is 9.85. The van der Waals surface area contributed by atoms with Crippen molar-refractivity contribution < 1.29 is 24.2 Å². The number of benzene rings is 8. The molecule has 0 unspecified atom stereocenters. The summed E-state index contributed by atoms with van der Waals surface area (Å²) in [5.41, 5.74) is 13.0. The van der Waals surface area contributed by atoms with Gasteiger partial charge in [-0.2, -0.15) is 0 Å². The standard InChI is InChI=1S/C39H33N2.C21H22NSi.Ir/c1-25(2)34-23-31(27-12-6-5-7-13-27)24-35(26(3)4)38(34)41-37-17-11-10-16-36(37)40-39(41)30-20-21-33-29(22-30)19-18-28-14-8-9-15-32(28)33;1-16-10-11-18(14-20(16)17-8-6-5-7-9-17)21-13-12-19(15-22-21)23(2,3)4;/h5-19,21-26H,1-4H3;5-10,12-15H,1-4H3;/q2*-1;/i;1D3;. The summed E-state index contributed by atoms with van der Waals surface area (Å²) in [5.74, 6) is 1.58. The van der Waals surface area contributed by atoms with Gasteiger partial charge >= 0.3 is 0 Å². The number of aryl methyl sites for hydroxylation is 1. The smallest absolute Gasteiger partial charge is 0.0795 e. The molecule has 0 spiro atoms. The average molecular weight is 1040 g/mol. The van der Waals surface area contributed by atoms with Gasteiger partial charge in [0.2, 0.25) is 0 Å². The molecule has 0 atom stereocenters. The van der Waals surface area contributed by atoms with Gasteiger partial charge in [-0.1, -0.05) is 192 Å². The van der Waals surface area contributed by atoms with Gasteiger partial charge in [0, 0.05) is 36.1 Å². The average Bonchev–Trinajstić information content (AvgIpc) is 3.73. The minimum Gasteiger partial charge on any atom is -0.333 e. The normalized spacial score (nSPS) is 12.4. The van der Waals surface area contributed by atoms with Gasteiger partial charge in [0.1, 0.15) is 0 Å². The zero-order valence-electron chi connectivity index (χ0n) is 41.1. The SMILES string of the molecule is CC(C)c1cc(-c2ccccc2)cc(C(C)C)c1-n1c(-c2[c-]cc3c(ccc4ccccc43)c2)nc2ccccc21.[2H]C([2H])([2H])c1c[c-]c(-c2ccc([Si](C)(C)C)cn2)cc1-c1ccccc1.[Ir]. The van der Waals surface area contributed by atoms with Crippen molar-refractivity contribution in [1.82, 2.24) is 14.5 Å². The summed E-state index contributed by atoms with van der Waals surface area (Å²) >= 11 is 0. The molecule has 0 aliphatic rings. The summed E-state index contributed by atoms with van der Waals surface area (Å²) in [6, 6.07) is 65.3. The fraction of sp³-hybridized carbons (Fsp3) is 0.167. The summed E-state index contributed by atoms with van der Waals surface area (Å²) in [5, 5.41) is 6.21. The molecule has 0 saturated heterocycles. The molecule has 0 aliphatic carbocycles. The fourth-order valence-electron chi connectivity index (χ4n) is 8.62. The van der Waals surface area contributed by atoms with E-state index in [9.17, 15) is 0 Å². The molecule has 5 heteroatoms. The second-order valence-electron chi connectivity index (χ2n) is 18.3. The first kappa shape index (κ1) is 41.5. The van der Waals surface area contributed by atoms with Gasteiger partial charge in [-0.3, -0.25) is 4.98 Å². The molecule has 1 radical (unpaired) electrons. The third-order valence-electron chi connectivity index (χ3n) is 12.2. The number of pyridine rings is 1. The van der Waals surface area contributed by atoms with Crippen LogP contribution in [0.4, 0.5) is 0 Å². The zero-order valence-corrected chi connectivity index (χ0v) is 41.5. The number of imidazole rings is 1. The number of rotatable bonds is 8. The van der Waals surface area contributed by atoms with E-state index >= 15 is 0 Å². The molecular weight excluding hydrogens is 983 g/mol. The number of nitrogens with zero attached hydrogens (tertiary/aromatic N) is 3. The van der Waals surface area contributed by atoms with Crippen molar-refractivity contribution >= 4 is 45.8 Å². The van der Waals surface area contributed by atoms with Gasteiger partial charge in [-0.05, 0) is 80.2 Å². The van der Waals surface area contributed by atoms with Crippen molar-refractivity contribution in [3.8, 4) is 50.6 Å². The van der Waals surface area contributed by atoms with Crippen molar-refractivity contribution in [3.63, 3.8) is 0 Å². The molecule has 65 heavy (non-hydrogen) atoms. The van der Waals surface area contributed by atoms with Crippen LogP contribution in [0, 0.1) is 19.0 Å². The van der Waals surface area contributed by atoms with E-state index in [4.69, 9.17) is 9.10 Å². The molecule has 0 amide bonds. The minimum atomic E-state index is -2.19. The Bertz CT molecular complexity index is 3340. The topological polar surface area (TPSA) is 30.7 Å². The quantitative estimate of drug-likeness (QED) is 0.0863. The van der Waals surface area contributed by atoms with Crippen molar-refractivity contribution in [2.24, 2.45) is 0 Å². The Hall–Kier alpha value is -6.23. The Kier molecular flexibility index (Phi) is 12.2. The van der Waals surface area contributed by atoms with Crippen molar-refractivity contribution in [1.29, 1.82) is 0 Å². The van der Waals surface area contributed by atoms with E-state index in [0.717, 1.165) is 39.2 Å². The zero-order chi connectivity index (χ0) is 47.0. The van der Waals surface area contributed by atoms with E-state index in [0.29, 0.717) is 23.0 Å². The van der Waals surface area contributed by atoms with Crippen LogP contribution >= 0.6 is 0 Å². The maximum absolute atomic E-state index is 7.84. The van der Waals surface area contributed by atoms with Crippen LogP contribution in [0.2, 0.25) is 19.6 Å². The Morgan fingerprint density at radius 3 is 1.88 bits per heavy atom. The number of fused-ring (bicyclic) bond motifs is 4. The third kappa shape index (κ3) is 9.33. The third-order valence-corrected chi connectivity index (χ3v) is 14.2. The Labute approximate surface area is 403 Å². The van der Waals surface area contributed by atoms with Gasteiger partial charge < -0.3 is 9.55 Å². The molecule has 2 heterocycles. The van der Waals surface area contributed by atoms with Crippen LogP contribution in [0.5, 0.6) is 0 Å². The summed E-state index contributed by atoms with van der Waals surface area (Å²) < 4.78 is 25.9.